The number of piperazine rings is 1. The molecule has 0 aliphatic carbocycles. The van der Waals surface area contributed by atoms with Crippen LogP contribution in [0.1, 0.15) is 38.5 Å². The average Bonchev–Trinajstić information content (AvgIpc) is 3.57. The SMILES string of the molecule is Oc1cccc(F)c1-c1ncc2c(N3CC4CCC(C3)N4)nc(OCC34CCCN3CCC4)nc2c1F. The fourth-order valence-electron chi connectivity index (χ4n) is 6.88. The second kappa shape index (κ2) is 8.73. The number of nitrogens with zero attached hydrogens (tertiary/aromatic N) is 5. The maximum absolute atomic E-state index is 16.0. The molecule has 0 saturated carbocycles. The third-order valence-electron chi connectivity index (χ3n) is 8.67. The van der Waals surface area contributed by atoms with Gasteiger partial charge < -0.3 is 20.1 Å². The van der Waals surface area contributed by atoms with E-state index in [1.54, 1.807) is 0 Å². The molecule has 7 rings (SSSR count). The van der Waals surface area contributed by atoms with Gasteiger partial charge in [-0.25, -0.2) is 8.78 Å². The first-order chi connectivity index (χ1) is 18.0. The van der Waals surface area contributed by atoms with Crippen molar-refractivity contribution in [3.8, 4) is 23.0 Å². The van der Waals surface area contributed by atoms with Crippen LogP contribution in [0.15, 0.2) is 24.4 Å². The van der Waals surface area contributed by atoms with Crippen LogP contribution in [-0.4, -0.2) is 75.4 Å². The van der Waals surface area contributed by atoms with Gasteiger partial charge in [0, 0.05) is 31.4 Å². The number of nitrogens with one attached hydrogen (secondary N) is 1. The number of phenolic OH excluding ortho intramolecular Hbond substituents is 1. The number of benzene rings is 1. The van der Waals surface area contributed by atoms with Crippen LogP contribution in [0, 0.1) is 11.6 Å². The van der Waals surface area contributed by atoms with Crippen LogP contribution in [0.5, 0.6) is 11.8 Å². The molecule has 6 heterocycles. The topological polar surface area (TPSA) is 86.6 Å². The zero-order chi connectivity index (χ0) is 25.1. The predicted octanol–water partition coefficient (Wildman–Crippen LogP) is 3.62. The van der Waals surface area contributed by atoms with Crippen molar-refractivity contribution in [1.29, 1.82) is 0 Å². The highest BCUT2D eigenvalue weighted by molar-refractivity contribution is 5.92. The fraction of sp³-hybridized carbons (Fsp3) is 0.519. The van der Waals surface area contributed by atoms with E-state index in [-0.39, 0.29) is 34.1 Å². The largest absolute Gasteiger partial charge is 0.507 e. The third-order valence-corrected chi connectivity index (χ3v) is 8.67. The molecule has 1 aromatic carbocycles. The van der Waals surface area contributed by atoms with Gasteiger partial charge in [-0.2, -0.15) is 9.97 Å². The average molecular weight is 509 g/mol. The van der Waals surface area contributed by atoms with Gasteiger partial charge in [-0.15, -0.1) is 0 Å². The van der Waals surface area contributed by atoms with Crippen molar-refractivity contribution >= 4 is 16.7 Å². The number of hydrogen-bond acceptors (Lipinski definition) is 8. The molecule has 0 spiro atoms. The van der Waals surface area contributed by atoms with Gasteiger partial charge in [-0.3, -0.25) is 9.88 Å². The summed E-state index contributed by atoms with van der Waals surface area (Å²) in [5, 5.41) is 14.4. The summed E-state index contributed by atoms with van der Waals surface area (Å²) in [6.45, 7) is 4.10. The Morgan fingerprint density at radius 2 is 1.84 bits per heavy atom. The summed E-state index contributed by atoms with van der Waals surface area (Å²) in [5.41, 5.74) is -0.551. The minimum Gasteiger partial charge on any atom is -0.507 e. The molecule has 4 saturated heterocycles. The molecule has 0 radical (unpaired) electrons. The van der Waals surface area contributed by atoms with Crippen molar-refractivity contribution < 1.29 is 18.6 Å². The number of rotatable bonds is 5. The zero-order valence-electron chi connectivity index (χ0n) is 20.6. The lowest BCUT2D eigenvalue weighted by Gasteiger charge is -2.34. The lowest BCUT2D eigenvalue weighted by molar-refractivity contribution is 0.108. The van der Waals surface area contributed by atoms with Crippen molar-refractivity contribution in [2.75, 3.05) is 37.7 Å². The van der Waals surface area contributed by atoms with Gasteiger partial charge in [-0.05, 0) is 63.7 Å². The summed E-state index contributed by atoms with van der Waals surface area (Å²) >= 11 is 0. The van der Waals surface area contributed by atoms with Gasteiger partial charge in [0.2, 0.25) is 0 Å². The molecule has 3 aromatic rings. The van der Waals surface area contributed by atoms with E-state index in [0.717, 1.165) is 64.7 Å². The number of hydrogen-bond donors (Lipinski definition) is 2. The minimum atomic E-state index is -0.800. The van der Waals surface area contributed by atoms with Crippen LogP contribution in [0.4, 0.5) is 14.6 Å². The van der Waals surface area contributed by atoms with Crippen LogP contribution in [0.3, 0.4) is 0 Å². The first-order valence-corrected chi connectivity index (χ1v) is 13.2. The Hall–Kier alpha value is -3.11. The summed E-state index contributed by atoms with van der Waals surface area (Å²) in [6.07, 6.45) is 8.10. The van der Waals surface area contributed by atoms with Crippen molar-refractivity contribution in [3.63, 3.8) is 0 Å². The molecule has 4 aliphatic heterocycles. The van der Waals surface area contributed by atoms with Crippen LogP contribution >= 0.6 is 0 Å². The Bertz CT molecular complexity index is 1330. The van der Waals surface area contributed by atoms with Crippen LogP contribution in [0.25, 0.3) is 22.2 Å². The molecule has 0 amide bonds. The highest BCUT2D eigenvalue weighted by Crippen LogP contribution is 2.40. The number of aromatic nitrogens is 3. The molecule has 2 unspecified atom stereocenters. The van der Waals surface area contributed by atoms with E-state index in [1.165, 1.54) is 24.4 Å². The second-order valence-electron chi connectivity index (χ2n) is 10.9. The molecule has 2 N–H and O–H groups in total. The van der Waals surface area contributed by atoms with E-state index in [2.05, 4.69) is 25.1 Å². The molecular weight excluding hydrogens is 478 g/mol. The van der Waals surface area contributed by atoms with E-state index < -0.39 is 11.6 Å². The van der Waals surface area contributed by atoms with E-state index in [9.17, 15) is 9.50 Å². The molecule has 4 fully saturated rings. The maximum atomic E-state index is 16.0. The minimum absolute atomic E-state index is 0.00641. The van der Waals surface area contributed by atoms with Crippen molar-refractivity contribution in [3.05, 3.63) is 36.0 Å². The number of phenols is 1. The van der Waals surface area contributed by atoms with Crippen LogP contribution < -0.4 is 15.0 Å². The van der Waals surface area contributed by atoms with E-state index in [0.29, 0.717) is 29.9 Å². The normalized spacial score (nSPS) is 24.6. The first kappa shape index (κ1) is 23.0. The van der Waals surface area contributed by atoms with E-state index in [1.807, 2.05) is 0 Å². The van der Waals surface area contributed by atoms with E-state index >= 15 is 4.39 Å². The Balaban J connectivity index is 1.33. The summed E-state index contributed by atoms with van der Waals surface area (Å²) in [6, 6.07) is 4.68. The van der Waals surface area contributed by atoms with Gasteiger partial charge in [-0.1, -0.05) is 6.07 Å². The number of ether oxygens (including phenoxy) is 1. The lowest BCUT2D eigenvalue weighted by Crippen LogP contribution is -2.51. The summed E-state index contributed by atoms with van der Waals surface area (Å²) in [7, 11) is 0. The molecule has 37 heavy (non-hydrogen) atoms. The Labute approximate surface area is 213 Å². The van der Waals surface area contributed by atoms with Gasteiger partial charge in [0.25, 0.3) is 0 Å². The van der Waals surface area contributed by atoms with E-state index in [4.69, 9.17) is 9.72 Å². The van der Waals surface area contributed by atoms with Gasteiger partial charge in [0.05, 0.1) is 16.5 Å². The number of fused-ring (bicyclic) bond motifs is 4. The zero-order valence-corrected chi connectivity index (χ0v) is 20.6. The first-order valence-electron chi connectivity index (χ1n) is 13.2. The summed E-state index contributed by atoms with van der Waals surface area (Å²) in [4.78, 5) is 18.2. The van der Waals surface area contributed by atoms with Crippen molar-refractivity contribution in [2.24, 2.45) is 0 Å². The molecular formula is C27H30F2N6O2. The molecule has 2 bridgehead atoms. The number of anilines is 1. The Morgan fingerprint density at radius 1 is 1.08 bits per heavy atom. The third kappa shape index (κ3) is 3.80. The quantitative estimate of drug-likeness (QED) is 0.541. The van der Waals surface area contributed by atoms with Crippen molar-refractivity contribution in [2.45, 2.75) is 56.1 Å². The molecule has 2 aromatic heterocycles. The van der Waals surface area contributed by atoms with Gasteiger partial charge in [0.15, 0.2) is 5.82 Å². The maximum Gasteiger partial charge on any atom is 0.319 e. The monoisotopic (exact) mass is 508 g/mol. The standard InChI is InChI=1S/C27H30F2N6O2/c28-19-4-1-5-20(36)21(19)24-22(29)23-18(12-30-24)25(34-13-16-6-7-17(14-34)31-16)33-26(32-23)37-15-27-8-2-10-35(27)11-3-9-27/h1,4-5,12,16-17,31,36H,2-3,6-11,13-15H2. The second-order valence-corrected chi connectivity index (χ2v) is 10.9. The summed E-state index contributed by atoms with van der Waals surface area (Å²) in [5.74, 6) is -1.35. The van der Waals surface area contributed by atoms with Gasteiger partial charge in [0.1, 0.15) is 35.2 Å². The van der Waals surface area contributed by atoms with Crippen molar-refractivity contribution in [1.82, 2.24) is 25.2 Å². The van der Waals surface area contributed by atoms with Crippen LogP contribution in [-0.2, 0) is 0 Å². The highest BCUT2D eigenvalue weighted by Gasteiger charge is 2.45. The number of pyridine rings is 1. The Morgan fingerprint density at radius 3 is 2.57 bits per heavy atom. The number of halogens is 2. The predicted molar refractivity (Wildman–Crippen MR) is 135 cm³/mol. The summed E-state index contributed by atoms with van der Waals surface area (Å²) < 4.78 is 36.9. The molecule has 10 heteroatoms. The van der Waals surface area contributed by atoms with Crippen LogP contribution in [0.2, 0.25) is 0 Å². The van der Waals surface area contributed by atoms with Gasteiger partial charge >= 0.3 is 6.01 Å². The Kier molecular flexibility index (Phi) is 5.44. The molecule has 8 nitrogen and oxygen atoms in total. The molecule has 2 atom stereocenters. The smallest absolute Gasteiger partial charge is 0.319 e. The molecule has 194 valence electrons. The molecule has 4 aliphatic rings. The number of aromatic hydroxyl groups is 1. The highest BCUT2D eigenvalue weighted by atomic mass is 19.1. The fourth-order valence-corrected chi connectivity index (χ4v) is 6.88. The lowest BCUT2D eigenvalue weighted by atomic mass is 9.95.